The molecule has 1 aromatic carbocycles. The Labute approximate surface area is 120 Å². The van der Waals surface area contributed by atoms with Gasteiger partial charge in [-0.3, -0.25) is 4.79 Å². The molecular weight excluding hydrogens is 248 g/mol. The van der Waals surface area contributed by atoms with Crippen LogP contribution >= 0.6 is 0 Å². The highest BCUT2D eigenvalue weighted by Gasteiger charge is 2.29. The van der Waals surface area contributed by atoms with Crippen LogP contribution in [-0.4, -0.2) is 12.4 Å². The Bertz CT molecular complexity index is 489. The summed E-state index contributed by atoms with van der Waals surface area (Å²) in [6, 6.07) is 9.64. The summed E-state index contributed by atoms with van der Waals surface area (Å²) in [6.07, 6.45) is 8.59. The molecule has 0 bridgehead atoms. The van der Waals surface area contributed by atoms with Crippen molar-refractivity contribution in [2.75, 3.05) is 6.61 Å². The molecule has 0 amide bonds. The summed E-state index contributed by atoms with van der Waals surface area (Å²) >= 11 is 0. The summed E-state index contributed by atoms with van der Waals surface area (Å²) in [5, 5.41) is 0. The topological polar surface area (TPSA) is 26.3 Å². The summed E-state index contributed by atoms with van der Waals surface area (Å²) in [5.41, 5.74) is 2.32. The van der Waals surface area contributed by atoms with E-state index in [2.05, 4.69) is 0 Å². The van der Waals surface area contributed by atoms with Crippen molar-refractivity contribution in [1.29, 1.82) is 0 Å². The lowest BCUT2D eigenvalue weighted by molar-refractivity contribution is 0.0969. The number of hydrogen-bond donors (Lipinski definition) is 0. The van der Waals surface area contributed by atoms with Crippen LogP contribution in [0, 0.1) is 11.8 Å². The van der Waals surface area contributed by atoms with Gasteiger partial charge in [0.05, 0.1) is 12.9 Å². The molecule has 2 nitrogen and oxygen atoms in total. The molecule has 0 unspecified atom stereocenters. The third-order valence-corrected chi connectivity index (χ3v) is 4.67. The molecule has 0 aromatic heterocycles. The number of rotatable bonds is 4. The maximum Gasteiger partial charge on any atom is 0.162 e. The van der Waals surface area contributed by atoms with Crippen molar-refractivity contribution in [2.45, 2.75) is 38.5 Å². The second-order valence-electron chi connectivity index (χ2n) is 5.93. The smallest absolute Gasteiger partial charge is 0.162 e. The van der Waals surface area contributed by atoms with E-state index in [4.69, 9.17) is 4.74 Å². The SMILES string of the molecule is O=C(CC[C@H]1CCC[C@H]2CCOC=C12)c1ccccc1. The zero-order valence-electron chi connectivity index (χ0n) is 11.9. The molecule has 2 heteroatoms. The number of hydrogen-bond acceptors (Lipinski definition) is 2. The van der Waals surface area contributed by atoms with Gasteiger partial charge in [0.2, 0.25) is 0 Å². The number of carbonyl (C=O) groups excluding carboxylic acids is 1. The number of benzene rings is 1. The number of Topliss-reactive ketones (excluding diaryl/α,β-unsaturated/α-hetero) is 1. The lowest BCUT2D eigenvalue weighted by Gasteiger charge is -2.34. The van der Waals surface area contributed by atoms with E-state index in [9.17, 15) is 4.79 Å². The predicted molar refractivity (Wildman–Crippen MR) is 79.5 cm³/mol. The van der Waals surface area contributed by atoms with Crippen LogP contribution in [0.1, 0.15) is 48.9 Å². The van der Waals surface area contributed by atoms with Crippen LogP contribution < -0.4 is 0 Å². The Morgan fingerprint density at radius 2 is 2.00 bits per heavy atom. The van der Waals surface area contributed by atoms with Crippen molar-refractivity contribution in [1.82, 2.24) is 0 Å². The molecule has 0 spiro atoms. The molecule has 2 atom stereocenters. The second-order valence-corrected chi connectivity index (χ2v) is 5.93. The molecular formula is C18H22O2. The molecule has 0 N–H and O–H groups in total. The van der Waals surface area contributed by atoms with E-state index >= 15 is 0 Å². The third-order valence-electron chi connectivity index (χ3n) is 4.67. The molecule has 0 radical (unpaired) electrons. The fourth-order valence-corrected chi connectivity index (χ4v) is 3.53. The Hall–Kier alpha value is -1.57. The zero-order valence-corrected chi connectivity index (χ0v) is 11.9. The molecule has 2 aliphatic rings. The molecule has 1 heterocycles. The Morgan fingerprint density at radius 3 is 2.85 bits per heavy atom. The average molecular weight is 270 g/mol. The van der Waals surface area contributed by atoms with Crippen LogP contribution in [0.4, 0.5) is 0 Å². The number of carbonyl (C=O) groups is 1. The van der Waals surface area contributed by atoms with Crippen LogP contribution in [0.25, 0.3) is 0 Å². The van der Waals surface area contributed by atoms with E-state index in [0.29, 0.717) is 18.3 Å². The van der Waals surface area contributed by atoms with Gasteiger partial charge < -0.3 is 4.74 Å². The molecule has 1 aromatic rings. The number of ketones is 1. The molecule has 1 fully saturated rings. The first-order valence-corrected chi connectivity index (χ1v) is 7.74. The van der Waals surface area contributed by atoms with Crippen LogP contribution in [0.5, 0.6) is 0 Å². The maximum absolute atomic E-state index is 12.2. The fraction of sp³-hybridized carbons (Fsp3) is 0.500. The maximum atomic E-state index is 12.2. The van der Waals surface area contributed by atoms with E-state index in [1.807, 2.05) is 36.6 Å². The van der Waals surface area contributed by atoms with Crippen LogP contribution in [-0.2, 0) is 4.74 Å². The Balaban J connectivity index is 1.60. The molecule has 3 rings (SSSR count). The number of fused-ring (bicyclic) bond motifs is 1. The van der Waals surface area contributed by atoms with E-state index in [1.54, 1.807) is 0 Å². The van der Waals surface area contributed by atoms with Gasteiger partial charge in [0, 0.05) is 12.0 Å². The standard InChI is InChI=1S/C18H22O2/c19-18(16-5-2-1-3-6-16)10-9-14-7-4-8-15-11-12-20-13-17(14)15/h1-3,5-6,13-15H,4,7-12H2/t14-,15+/m1/s1. The van der Waals surface area contributed by atoms with Gasteiger partial charge in [0.1, 0.15) is 0 Å². The molecule has 20 heavy (non-hydrogen) atoms. The monoisotopic (exact) mass is 270 g/mol. The molecule has 0 saturated heterocycles. The summed E-state index contributed by atoms with van der Waals surface area (Å²) < 4.78 is 5.51. The summed E-state index contributed by atoms with van der Waals surface area (Å²) in [6.45, 7) is 0.865. The van der Waals surface area contributed by atoms with E-state index in [-0.39, 0.29) is 5.78 Å². The van der Waals surface area contributed by atoms with E-state index < -0.39 is 0 Å². The zero-order chi connectivity index (χ0) is 13.8. The minimum absolute atomic E-state index is 0.269. The van der Waals surface area contributed by atoms with Crippen molar-refractivity contribution in [3.05, 3.63) is 47.7 Å². The van der Waals surface area contributed by atoms with Gasteiger partial charge in [0.25, 0.3) is 0 Å². The first-order chi connectivity index (χ1) is 9.84. The molecule has 1 aliphatic carbocycles. The molecule has 1 saturated carbocycles. The Morgan fingerprint density at radius 1 is 1.15 bits per heavy atom. The van der Waals surface area contributed by atoms with Crippen molar-refractivity contribution < 1.29 is 9.53 Å². The van der Waals surface area contributed by atoms with Crippen molar-refractivity contribution >= 4 is 5.78 Å². The van der Waals surface area contributed by atoms with E-state index in [0.717, 1.165) is 25.0 Å². The van der Waals surface area contributed by atoms with Gasteiger partial charge in [-0.1, -0.05) is 36.8 Å². The molecule has 1 aliphatic heterocycles. The lowest BCUT2D eigenvalue weighted by atomic mass is 9.73. The van der Waals surface area contributed by atoms with Gasteiger partial charge in [-0.05, 0) is 43.1 Å². The minimum atomic E-state index is 0.269. The first kappa shape index (κ1) is 13.4. The number of ether oxygens (including phenoxy) is 1. The highest BCUT2D eigenvalue weighted by Crippen LogP contribution is 2.40. The van der Waals surface area contributed by atoms with Gasteiger partial charge in [-0.25, -0.2) is 0 Å². The number of allylic oxidation sites excluding steroid dienone is 1. The van der Waals surface area contributed by atoms with Crippen molar-refractivity contribution in [3.63, 3.8) is 0 Å². The van der Waals surface area contributed by atoms with Crippen LogP contribution in [0.15, 0.2) is 42.2 Å². The average Bonchev–Trinajstić information content (AvgIpc) is 2.53. The summed E-state index contributed by atoms with van der Waals surface area (Å²) in [4.78, 5) is 12.2. The lowest BCUT2D eigenvalue weighted by Crippen LogP contribution is -2.24. The highest BCUT2D eigenvalue weighted by atomic mass is 16.5. The largest absolute Gasteiger partial charge is 0.501 e. The van der Waals surface area contributed by atoms with E-state index in [1.165, 1.54) is 24.8 Å². The van der Waals surface area contributed by atoms with Gasteiger partial charge in [0.15, 0.2) is 5.78 Å². The van der Waals surface area contributed by atoms with Crippen molar-refractivity contribution in [2.24, 2.45) is 11.8 Å². The second kappa shape index (κ2) is 6.25. The normalized spacial score (nSPS) is 25.3. The highest BCUT2D eigenvalue weighted by molar-refractivity contribution is 5.95. The van der Waals surface area contributed by atoms with Crippen molar-refractivity contribution in [3.8, 4) is 0 Å². The quantitative estimate of drug-likeness (QED) is 0.759. The fourth-order valence-electron chi connectivity index (χ4n) is 3.53. The third kappa shape index (κ3) is 2.95. The van der Waals surface area contributed by atoms with Crippen LogP contribution in [0.2, 0.25) is 0 Å². The molecule has 106 valence electrons. The van der Waals surface area contributed by atoms with Gasteiger partial charge in [-0.2, -0.15) is 0 Å². The van der Waals surface area contributed by atoms with Crippen LogP contribution in [0.3, 0.4) is 0 Å². The Kier molecular flexibility index (Phi) is 4.19. The first-order valence-electron chi connectivity index (χ1n) is 7.74. The van der Waals surface area contributed by atoms with Gasteiger partial charge in [-0.15, -0.1) is 0 Å². The predicted octanol–water partition coefficient (Wildman–Crippen LogP) is 4.37. The summed E-state index contributed by atoms with van der Waals surface area (Å²) in [7, 11) is 0. The summed E-state index contributed by atoms with van der Waals surface area (Å²) in [5.74, 6) is 1.54. The van der Waals surface area contributed by atoms with Gasteiger partial charge >= 0.3 is 0 Å². The minimum Gasteiger partial charge on any atom is -0.501 e.